The number of nitrogens with one attached hydrogen (secondary N) is 1. The summed E-state index contributed by atoms with van der Waals surface area (Å²) in [5.41, 5.74) is 2.73. The smallest absolute Gasteiger partial charge is 0.226 e. The highest BCUT2D eigenvalue weighted by molar-refractivity contribution is 8.01. The summed E-state index contributed by atoms with van der Waals surface area (Å²) >= 11 is 2.92. The summed E-state index contributed by atoms with van der Waals surface area (Å²) in [6.07, 6.45) is 4.56. The molecule has 0 saturated heterocycles. The second kappa shape index (κ2) is 11.1. The Kier molecular flexibility index (Phi) is 8.85. The second-order valence-electron chi connectivity index (χ2n) is 6.10. The molecule has 1 N–H and O–H groups in total. The van der Waals surface area contributed by atoms with E-state index in [2.05, 4.69) is 24.1 Å². The van der Waals surface area contributed by atoms with E-state index in [-0.39, 0.29) is 11.7 Å². The molecule has 6 heteroatoms. The molecule has 0 fully saturated rings. The molecule has 1 aromatic heterocycles. The fourth-order valence-corrected chi connectivity index (χ4v) is 4.14. The molecule has 0 unspecified atom stereocenters. The average Bonchev–Trinajstić information content (AvgIpc) is 3.10. The predicted octanol–water partition coefficient (Wildman–Crippen LogP) is 4.53. The van der Waals surface area contributed by atoms with Gasteiger partial charge in [0.05, 0.1) is 17.9 Å². The molecule has 0 aliphatic heterocycles. The van der Waals surface area contributed by atoms with Crippen LogP contribution >= 0.6 is 23.1 Å². The quantitative estimate of drug-likeness (QED) is 0.348. The summed E-state index contributed by atoms with van der Waals surface area (Å²) in [5, 5.41) is 4.82. The van der Waals surface area contributed by atoms with E-state index in [4.69, 9.17) is 0 Å². The van der Waals surface area contributed by atoms with E-state index in [9.17, 15) is 9.59 Å². The van der Waals surface area contributed by atoms with Crippen LogP contribution in [-0.2, 0) is 17.6 Å². The Morgan fingerprint density at radius 2 is 1.92 bits per heavy atom. The maximum absolute atomic E-state index is 12.3. The van der Waals surface area contributed by atoms with Gasteiger partial charge in [-0.1, -0.05) is 62.7 Å². The van der Waals surface area contributed by atoms with Gasteiger partial charge in [-0.15, -0.1) is 11.3 Å². The minimum atomic E-state index is 0.00930. The fourth-order valence-electron chi connectivity index (χ4n) is 2.40. The van der Waals surface area contributed by atoms with Crippen LogP contribution in [0.4, 0.5) is 0 Å². The van der Waals surface area contributed by atoms with Crippen LogP contribution in [0.1, 0.15) is 54.7 Å². The third-order valence-electron chi connectivity index (χ3n) is 3.99. The number of benzene rings is 1. The van der Waals surface area contributed by atoms with Crippen LogP contribution in [0.15, 0.2) is 34.0 Å². The molecule has 0 spiro atoms. The van der Waals surface area contributed by atoms with Gasteiger partial charge in [-0.2, -0.15) is 0 Å². The molecular weight excluding hydrogens is 364 g/mol. The van der Waals surface area contributed by atoms with Crippen LogP contribution in [0.3, 0.4) is 0 Å². The minimum absolute atomic E-state index is 0.00930. The third kappa shape index (κ3) is 6.92. The van der Waals surface area contributed by atoms with Crippen LogP contribution < -0.4 is 5.32 Å². The first-order valence-electron chi connectivity index (χ1n) is 9.08. The summed E-state index contributed by atoms with van der Waals surface area (Å²) in [6.45, 7) is 4.96. The number of ketones is 1. The molecule has 26 heavy (non-hydrogen) atoms. The number of thioether (sulfide) groups is 1. The molecule has 0 aliphatic carbocycles. The topological polar surface area (TPSA) is 59.1 Å². The zero-order valence-electron chi connectivity index (χ0n) is 15.4. The Balaban J connectivity index is 1.76. The monoisotopic (exact) mass is 390 g/mol. The number of unbranched alkanes of at least 4 members (excludes halogenated alkanes) is 2. The fraction of sp³-hybridized carbons (Fsp3) is 0.450. The Morgan fingerprint density at radius 1 is 1.15 bits per heavy atom. The number of hydrogen-bond acceptors (Lipinski definition) is 5. The second-order valence-corrected chi connectivity index (χ2v) is 8.18. The highest BCUT2D eigenvalue weighted by Crippen LogP contribution is 2.24. The molecule has 1 amide bonds. The lowest BCUT2D eigenvalue weighted by Gasteiger charge is -2.03. The van der Waals surface area contributed by atoms with Crippen molar-refractivity contribution < 1.29 is 9.59 Å². The normalized spacial score (nSPS) is 10.7. The molecule has 0 atom stereocenters. The lowest BCUT2D eigenvalue weighted by Crippen LogP contribution is -2.26. The van der Waals surface area contributed by atoms with Gasteiger partial charge < -0.3 is 5.32 Å². The van der Waals surface area contributed by atoms with Gasteiger partial charge in [-0.05, 0) is 18.4 Å². The summed E-state index contributed by atoms with van der Waals surface area (Å²) in [5.74, 6) is 0.472. The van der Waals surface area contributed by atoms with Crippen LogP contribution in [0.5, 0.6) is 0 Å². The molecule has 2 aromatic rings. The van der Waals surface area contributed by atoms with E-state index in [0.29, 0.717) is 12.2 Å². The van der Waals surface area contributed by atoms with E-state index in [1.807, 2.05) is 29.6 Å². The van der Waals surface area contributed by atoms with E-state index < -0.39 is 0 Å². The number of carbonyl (C=O) groups is 2. The molecule has 2 rings (SSSR count). The molecule has 0 radical (unpaired) electrons. The van der Waals surface area contributed by atoms with E-state index >= 15 is 0 Å². The summed E-state index contributed by atoms with van der Waals surface area (Å²) < 4.78 is 0.831. The van der Waals surface area contributed by atoms with Gasteiger partial charge in [-0.25, -0.2) is 4.98 Å². The van der Waals surface area contributed by atoms with E-state index in [1.165, 1.54) is 28.7 Å². The molecular formula is C20H26N2O2S2. The summed E-state index contributed by atoms with van der Waals surface area (Å²) in [6, 6.07) is 7.77. The number of hydrogen-bond donors (Lipinski definition) is 1. The first-order valence-corrected chi connectivity index (χ1v) is 10.9. The highest BCUT2D eigenvalue weighted by atomic mass is 32.2. The van der Waals surface area contributed by atoms with Crippen LogP contribution in [0.2, 0.25) is 0 Å². The van der Waals surface area contributed by atoms with Gasteiger partial charge >= 0.3 is 0 Å². The van der Waals surface area contributed by atoms with Crippen molar-refractivity contribution in [1.29, 1.82) is 0 Å². The molecule has 1 aromatic carbocycles. The van der Waals surface area contributed by atoms with E-state index in [0.717, 1.165) is 47.8 Å². The molecule has 0 saturated carbocycles. The minimum Gasteiger partial charge on any atom is -0.356 e. The Hall–Kier alpha value is -1.66. The number of Topliss-reactive ketones (excluding diaryl/α,β-unsaturated/α-hetero) is 1. The van der Waals surface area contributed by atoms with Crippen molar-refractivity contribution in [3.8, 4) is 0 Å². The Bertz CT molecular complexity index is 711. The van der Waals surface area contributed by atoms with Gasteiger partial charge in [0.2, 0.25) is 5.91 Å². The van der Waals surface area contributed by atoms with Crippen LogP contribution in [0, 0.1) is 0 Å². The molecule has 0 aliphatic rings. The highest BCUT2D eigenvalue weighted by Gasteiger charge is 2.11. The lowest BCUT2D eigenvalue weighted by molar-refractivity contribution is -0.120. The largest absolute Gasteiger partial charge is 0.356 e. The van der Waals surface area contributed by atoms with Gasteiger partial charge in [-0.3, -0.25) is 9.59 Å². The Morgan fingerprint density at radius 3 is 2.62 bits per heavy atom. The number of thiazole rings is 1. The molecule has 140 valence electrons. The SMILES string of the molecule is CCCCCNC(=O)Cc1csc(SCC(=O)c2ccc(CC)cc2)n1. The van der Waals surface area contributed by atoms with Gasteiger partial charge in [0.1, 0.15) is 0 Å². The maximum Gasteiger partial charge on any atom is 0.226 e. The molecule has 0 bridgehead atoms. The van der Waals surface area contributed by atoms with Crippen LogP contribution in [-0.4, -0.2) is 29.0 Å². The predicted molar refractivity (Wildman–Crippen MR) is 109 cm³/mol. The number of rotatable bonds is 11. The van der Waals surface area contributed by atoms with Crippen LogP contribution in [0.25, 0.3) is 0 Å². The summed E-state index contributed by atoms with van der Waals surface area (Å²) in [4.78, 5) is 28.6. The standard InChI is InChI=1S/C20H26N2O2S2/c1-3-5-6-11-21-19(24)12-17-13-25-20(22-17)26-14-18(23)16-9-7-15(4-2)8-10-16/h7-10,13H,3-6,11-12,14H2,1-2H3,(H,21,24). The average molecular weight is 391 g/mol. The maximum atomic E-state index is 12.3. The van der Waals surface area contributed by atoms with Crippen molar-refractivity contribution in [1.82, 2.24) is 10.3 Å². The molecule has 1 heterocycles. The first kappa shape index (κ1) is 20.6. The zero-order valence-corrected chi connectivity index (χ0v) is 17.0. The number of nitrogens with zero attached hydrogens (tertiary/aromatic N) is 1. The van der Waals surface area contributed by atoms with Crippen molar-refractivity contribution in [3.63, 3.8) is 0 Å². The first-order chi connectivity index (χ1) is 12.6. The van der Waals surface area contributed by atoms with Crippen molar-refractivity contribution in [3.05, 3.63) is 46.5 Å². The third-order valence-corrected chi connectivity index (χ3v) is 6.06. The van der Waals surface area contributed by atoms with Crippen molar-refractivity contribution in [2.75, 3.05) is 12.3 Å². The number of aromatic nitrogens is 1. The van der Waals surface area contributed by atoms with Crippen molar-refractivity contribution in [2.45, 2.75) is 50.3 Å². The zero-order chi connectivity index (χ0) is 18.8. The number of carbonyl (C=O) groups excluding carboxylic acids is 2. The van der Waals surface area contributed by atoms with E-state index in [1.54, 1.807) is 0 Å². The lowest BCUT2D eigenvalue weighted by atomic mass is 10.1. The molecule has 4 nitrogen and oxygen atoms in total. The van der Waals surface area contributed by atoms with Crippen molar-refractivity contribution >= 4 is 34.8 Å². The van der Waals surface area contributed by atoms with Crippen molar-refractivity contribution in [2.24, 2.45) is 0 Å². The Labute approximate surface area is 163 Å². The van der Waals surface area contributed by atoms with Gasteiger partial charge in [0.15, 0.2) is 10.1 Å². The number of aryl methyl sites for hydroxylation is 1. The number of amides is 1. The summed E-state index contributed by atoms with van der Waals surface area (Å²) in [7, 11) is 0. The van der Waals surface area contributed by atoms with Gasteiger partial charge in [0.25, 0.3) is 0 Å². The van der Waals surface area contributed by atoms with Gasteiger partial charge in [0, 0.05) is 17.5 Å².